The third kappa shape index (κ3) is 7.39. The zero-order valence-corrected chi connectivity index (χ0v) is 49.7. The van der Waals surface area contributed by atoms with Gasteiger partial charge in [0.2, 0.25) is 0 Å². The van der Waals surface area contributed by atoms with E-state index >= 15 is 0 Å². The zero-order valence-electron chi connectivity index (χ0n) is 49.7. The lowest BCUT2D eigenvalue weighted by Gasteiger charge is -2.36. The molecule has 0 amide bonds. The van der Waals surface area contributed by atoms with Gasteiger partial charge in [-0.2, -0.15) is 0 Å². The highest BCUT2D eigenvalue weighted by Crippen LogP contribution is 2.58. The van der Waals surface area contributed by atoms with E-state index in [-0.39, 0.29) is 10.8 Å². The summed E-state index contributed by atoms with van der Waals surface area (Å²) in [6, 6.07) is 110. The minimum Gasteiger partial charge on any atom is -0.0616 e. The highest BCUT2D eigenvalue weighted by Gasteiger charge is 2.41. The van der Waals surface area contributed by atoms with Crippen LogP contribution in [0, 0.1) is 0 Å². The maximum atomic E-state index is 2.57. The standard InChI is InChI=1S/C88H60/c1-87(2)77-31-17-30-75-85-74-47-45-62(56-34-40-58(41-35-56)82-68-24-11-15-28-72(68)84(73-29-16-12-25-69(73)82)64-43-37-54-19-6-8-21-60(54)49-64)51-79(74)88(3,4)80(85)52-76(86(75)77)65-46-44-61(50-78(65)87)55-32-38-57(39-33-55)81-66-22-9-13-26-70(66)83(71-27-14-10-23-67(71)81)63-42-36-53-18-5-7-20-59(53)48-63/h5-52H,1-4H3. The second-order valence-electron chi connectivity index (χ2n) is 25.8. The van der Waals surface area contributed by atoms with Crippen molar-refractivity contribution in [2.45, 2.75) is 38.5 Å². The van der Waals surface area contributed by atoms with Gasteiger partial charge in [-0.05, 0) is 217 Å². The molecule has 0 radical (unpaired) electrons. The molecular formula is C88H60. The fraction of sp³-hybridized carbons (Fsp3) is 0.0682. The Labute approximate surface area is 513 Å². The fourth-order valence-electron chi connectivity index (χ4n) is 16.1. The molecule has 88 heavy (non-hydrogen) atoms. The number of rotatable bonds is 6. The van der Waals surface area contributed by atoms with Crippen molar-refractivity contribution >= 4 is 75.4 Å². The lowest BCUT2D eigenvalue weighted by atomic mass is 9.67. The Hall–Kier alpha value is -10.7. The van der Waals surface area contributed by atoms with Gasteiger partial charge in [0.25, 0.3) is 0 Å². The van der Waals surface area contributed by atoms with Crippen LogP contribution in [0.1, 0.15) is 49.9 Å². The molecule has 0 bridgehead atoms. The van der Waals surface area contributed by atoms with E-state index in [1.54, 1.807) is 0 Å². The van der Waals surface area contributed by atoms with Crippen molar-refractivity contribution in [3.8, 4) is 89.0 Å². The summed E-state index contributed by atoms with van der Waals surface area (Å²) in [6.45, 7) is 9.75. The van der Waals surface area contributed by atoms with Gasteiger partial charge in [-0.3, -0.25) is 0 Å². The monoisotopic (exact) mass is 1120 g/mol. The summed E-state index contributed by atoms with van der Waals surface area (Å²) >= 11 is 0. The molecule has 0 unspecified atom stereocenters. The van der Waals surface area contributed by atoms with E-state index in [0.717, 1.165) is 0 Å². The molecule has 0 heteroatoms. The first kappa shape index (κ1) is 50.6. The fourth-order valence-corrected chi connectivity index (χ4v) is 16.1. The van der Waals surface area contributed by atoms with Crippen LogP contribution in [-0.4, -0.2) is 0 Å². The molecule has 0 aliphatic heterocycles. The average Bonchev–Trinajstić information content (AvgIpc) is 1.39. The van der Waals surface area contributed by atoms with Crippen molar-refractivity contribution in [2.75, 3.05) is 0 Å². The molecule has 16 aromatic carbocycles. The maximum absolute atomic E-state index is 2.57. The van der Waals surface area contributed by atoms with E-state index in [0.29, 0.717) is 0 Å². The Balaban J connectivity index is 0.692. The zero-order chi connectivity index (χ0) is 58.6. The summed E-state index contributed by atoms with van der Waals surface area (Å²) in [6.07, 6.45) is 0. The summed E-state index contributed by atoms with van der Waals surface area (Å²) in [4.78, 5) is 0. The first-order valence-corrected chi connectivity index (χ1v) is 31.1. The van der Waals surface area contributed by atoms with Crippen molar-refractivity contribution in [2.24, 2.45) is 0 Å². The van der Waals surface area contributed by atoms with Crippen LogP contribution in [0.3, 0.4) is 0 Å². The second kappa shape index (κ2) is 18.9. The Morgan fingerprint density at radius 1 is 0.182 bits per heavy atom. The molecule has 0 atom stereocenters. The van der Waals surface area contributed by atoms with Gasteiger partial charge >= 0.3 is 0 Å². The molecule has 0 aromatic heterocycles. The van der Waals surface area contributed by atoms with Crippen LogP contribution in [0.15, 0.2) is 291 Å². The minimum absolute atomic E-state index is 0.228. The van der Waals surface area contributed by atoms with Gasteiger partial charge in [0.05, 0.1) is 0 Å². The SMILES string of the molecule is CC1(C)c2cc(-c3ccc(-c4c5ccccc5c(-c5ccc6ccccc6c5)c5ccccc45)cc3)ccc2-c2c1cc1c3c(cccc23)C(C)(C)c2cc(-c3ccc(-c4c5ccccc5c(-c5ccc6ccccc6c5)c5ccccc45)cc3)ccc2-1. The maximum Gasteiger partial charge on any atom is 0.0159 e. The molecule has 0 saturated carbocycles. The Kier molecular flexibility index (Phi) is 10.9. The molecule has 0 nitrogen and oxygen atoms in total. The largest absolute Gasteiger partial charge is 0.0616 e. The number of fused-ring (bicyclic) bond motifs is 12. The number of hydrogen-bond acceptors (Lipinski definition) is 0. The predicted molar refractivity (Wildman–Crippen MR) is 377 cm³/mol. The lowest BCUT2D eigenvalue weighted by Crippen LogP contribution is -2.24. The van der Waals surface area contributed by atoms with Crippen LogP contribution in [0.4, 0.5) is 0 Å². The minimum atomic E-state index is -0.235. The van der Waals surface area contributed by atoms with E-state index in [4.69, 9.17) is 0 Å². The van der Waals surface area contributed by atoms with E-state index in [1.165, 1.54) is 187 Å². The summed E-state index contributed by atoms with van der Waals surface area (Å²) < 4.78 is 0. The Morgan fingerprint density at radius 3 is 0.955 bits per heavy atom. The molecule has 16 aromatic rings. The van der Waals surface area contributed by atoms with Gasteiger partial charge in [-0.25, -0.2) is 0 Å². The highest BCUT2D eigenvalue weighted by atomic mass is 14.4. The third-order valence-corrected chi connectivity index (χ3v) is 20.4. The molecular weight excluding hydrogens is 1060 g/mol. The van der Waals surface area contributed by atoms with Crippen LogP contribution in [0.25, 0.3) is 164 Å². The van der Waals surface area contributed by atoms with Crippen molar-refractivity contribution in [1.29, 1.82) is 0 Å². The molecule has 412 valence electrons. The summed E-state index contributed by atoms with van der Waals surface area (Å²) in [5.41, 5.74) is 25.5. The lowest BCUT2D eigenvalue weighted by molar-refractivity contribution is 0.644. The number of benzene rings is 16. The van der Waals surface area contributed by atoms with Gasteiger partial charge in [0, 0.05) is 10.8 Å². The molecule has 0 saturated heterocycles. The highest BCUT2D eigenvalue weighted by molar-refractivity contribution is 6.23. The Bertz CT molecular complexity index is 5540. The molecule has 0 heterocycles. The molecule has 18 rings (SSSR count). The Morgan fingerprint density at radius 2 is 0.511 bits per heavy atom. The van der Waals surface area contributed by atoms with Crippen LogP contribution in [0.2, 0.25) is 0 Å². The van der Waals surface area contributed by atoms with Crippen molar-refractivity contribution in [3.05, 3.63) is 313 Å². The number of hydrogen-bond donors (Lipinski definition) is 0. The smallest absolute Gasteiger partial charge is 0.0159 e. The predicted octanol–water partition coefficient (Wildman–Crippen LogP) is 24.4. The van der Waals surface area contributed by atoms with Crippen LogP contribution >= 0.6 is 0 Å². The molecule has 0 fully saturated rings. The first-order chi connectivity index (χ1) is 43.2. The molecule has 0 N–H and O–H groups in total. The van der Waals surface area contributed by atoms with Gasteiger partial charge in [0.1, 0.15) is 0 Å². The van der Waals surface area contributed by atoms with Crippen molar-refractivity contribution in [1.82, 2.24) is 0 Å². The molecule has 0 spiro atoms. The third-order valence-electron chi connectivity index (χ3n) is 20.4. The van der Waals surface area contributed by atoms with Gasteiger partial charge in [-0.1, -0.05) is 289 Å². The topological polar surface area (TPSA) is 0 Å². The van der Waals surface area contributed by atoms with E-state index in [9.17, 15) is 0 Å². The first-order valence-electron chi connectivity index (χ1n) is 31.1. The van der Waals surface area contributed by atoms with Crippen LogP contribution < -0.4 is 0 Å². The second-order valence-corrected chi connectivity index (χ2v) is 25.8. The van der Waals surface area contributed by atoms with Gasteiger partial charge in [-0.15, -0.1) is 0 Å². The van der Waals surface area contributed by atoms with E-state index in [1.807, 2.05) is 0 Å². The summed E-state index contributed by atoms with van der Waals surface area (Å²) in [5, 5.41) is 17.9. The quantitative estimate of drug-likeness (QED) is 0.146. The van der Waals surface area contributed by atoms with E-state index < -0.39 is 0 Å². The average molecular weight is 1120 g/mol. The van der Waals surface area contributed by atoms with E-state index in [2.05, 4.69) is 319 Å². The summed E-state index contributed by atoms with van der Waals surface area (Å²) in [5.74, 6) is 0. The van der Waals surface area contributed by atoms with Crippen LogP contribution in [-0.2, 0) is 10.8 Å². The molecule has 2 aliphatic rings. The molecule has 2 aliphatic carbocycles. The van der Waals surface area contributed by atoms with Gasteiger partial charge < -0.3 is 0 Å². The summed E-state index contributed by atoms with van der Waals surface area (Å²) in [7, 11) is 0. The van der Waals surface area contributed by atoms with Crippen molar-refractivity contribution in [3.63, 3.8) is 0 Å². The van der Waals surface area contributed by atoms with Gasteiger partial charge in [0.15, 0.2) is 0 Å². The van der Waals surface area contributed by atoms with Crippen molar-refractivity contribution < 1.29 is 0 Å². The normalized spacial score (nSPS) is 13.6. The van der Waals surface area contributed by atoms with Crippen LogP contribution in [0.5, 0.6) is 0 Å².